The zero-order valence-corrected chi connectivity index (χ0v) is 7.74. The summed E-state index contributed by atoms with van der Waals surface area (Å²) in [4.78, 5) is 2.08. The third-order valence-corrected chi connectivity index (χ3v) is 2.24. The maximum atomic E-state index is 13.0. The average molecular weight is 157 g/mol. The Hall–Kier alpha value is -0.530. The molecule has 0 unspecified atom stereocenters. The quantitative estimate of drug-likeness (QED) is 0.564. The van der Waals surface area contributed by atoms with E-state index >= 15 is 0 Å². The molecule has 1 rings (SSSR count). The van der Waals surface area contributed by atoms with Crippen LogP contribution in [0.4, 0.5) is 4.39 Å². The summed E-state index contributed by atoms with van der Waals surface area (Å²) in [5.41, 5.74) is 1.55. The van der Waals surface area contributed by atoms with Gasteiger partial charge < -0.3 is 4.90 Å². The van der Waals surface area contributed by atoms with Gasteiger partial charge in [0.25, 0.3) is 0 Å². The maximum Gasteiger partial charge on any atom is 0.142 e. The minimum atomic E-state index is -0.948. The summed E-state index contributed by atoms with van der Waals surface area (Å²) in [6.45, 7) is 8.94. The number of hydrogen-bond acceptors (Lipinski definition) is 1. The van der Waals surface area contributed by atoms with E-state index in [-0.39, 0.29) is 0 Å². The van der Waals surface area contributed by atoms with Crippen molar-refractivity contribution in [1.82, 2.24) is 4.90 Å². The predicted octanol–water partition coefficient (Wildman–Crippen LogP) is 2.34. The zero-order valence-electron chi connectivity index (χ0n) is 7.74. The molecule has 0 aromatic rings. The first kappa shape index (κ1) is 8.57. The molecule has 1 fully saturated rings. The lowest BCUT2D eigenvalue weighted by molar-refractivity contribution is 0.00595. The fourth-order valence-corrected chi connectivity index (χ4v) is 1.30. The number of alkyl halides is 1. The minimum Gasteiger partial charge on any atom is -0.369 e. The number of rotatable bonds is 1. The molecule has 0 bridgehead atoms. The van der Waals surface area contributed by atoms with E-state index in [1.54, 1.807) is 6.92 Å². The van der Waals surface area contributed by atoms with Gasteiger partial charge in [-0.05, 0) is 27.7 Å². The van der Waals surface area contributed by atoms with Gasteiger partial charge in [0, 0.05) is 5.70 Å². The molecular weight excluding hydrogens is 141 g/mol. The molecular formula is C9H16FN. The van der Waals surface area contributed by atoms with Gasteiger partial charge in [0.05, 0.1) is 13.1 Å². The van der Waals surface area contributed by atoms with Crippen molar-refractivity contribution in [3.8, 4) is 0 Å². The molecule has 64 valence electrons. The summed E-state index contributed by atoms with van der Waals surface area (Å²) in [6, 6.07) is 0. The third-order valence-electron chi connectivity index (χ3n) is 2.24. The normalized spacial score (nSPS) is 21.0. The second-order valence-corrected chi connectivity index (χ2v) is 3.85. The highest BCUT2D eigenvalue weighted by atomic mass is 19.1. The smallest absolute Gasteiger partial charge is 0.142 e. The van der Waals surface area contributed by atoms with Crippen LogP contribution in [0, 0.1) is 0 Å². The number of allylic oxidation sites excluding steroid dienone is 2. The van der Waals surface area contributed by atoms with Crippen molar-refractivity contribution in [3.63, 3.8) is 0 Å². The number of nitrogens with zero attached hydrogens (tertiary/aromatic N) is 1. The van der Waals surface area contributed by atoms with Gasteiger partial charge in [-0.1, -0.05) is 5.57 Å². The van der Waals surface area contributed by atoms with E-state index in [1.807, 2.05) is 6.92 Å². The largest absolute Gasteiger partial charge is 0.369 e. The van der Waals surface area contributed by atoms with Crippen LogP contribution < -0.4 is 0 Å². The van der Waals surface area contributed by atoms with Crippen LogP contribution in [0.5, 0.6) is 0 Å². The van der Waals surface area contributed by atoms with Crippen LogP contribution in [0.25, 0.3) is 0 Å². The highest BCUT2D eigenvalue weighted by molar-refractivity contribution is 5.12. The van der Waals surface area contributed by atoms with Gasteiger partial charge in [-0.15, -0.1) is 0 Å². The van der Waals surface area contributed by atoms with Gasteiger partial charge in [-0.25, -0.2) is 4.39 Å². The Kier molecular flexibility index (Phi) is 1.95. The topological polar surface area (TPSA) is 3.24 Å². The van der Waals surface area contributed by atoms with Gasteiger partial charge in [0.2, 0.25) is 0 Å². The van der Waals surface area contributed by atoms with Gasteiger partial charge in [-0.2, -0.15) is 0 Å². The van der Waals surface area contributed by atoms with Crippen LogP contribution in [-0.2, 0) is 0 Å². The fourth-order valence-electron chi connectivity index (χ4n) is 1.30. The van der Waals surface area contributed by atoms with E-state index in [2.05, 4.69) is 18.7 Å². The molecule has 0 N–H and O–H groups in total. The lowest BCUT2D eigenvalue weighted by Crippen LogP contribution is -2.55. The Morgan fingerprint density at radius 3 is 2.00 bits per heavy atom. The molecule has 1 saturated heterocycles. The first-order chi connectivity index (χ1) is 4.92. The molecule has 0 atom stereocenters. The van der Waals surface area contributed by atoms with E-state index in [4.69, 9.17) is 0 Å². The lowest BCUT2D eigenvalue weighted by Gasteiger charge is -2.44. The van der Waals surface area contributed by atoms with Crippen molar-refractivity contribution < 1.29 is 4.39 Å². The van der Waals surface area contributed by atoms with Crippen molar-refractivity contribution in [2.24, 2.45) is 0 Å². The number of halogens is 1. The Bertz CT molecular complexity index is 182. The first-order valence-electron chi connectivity index (χ1n) is 4.00. The average Bonchev–Trinajstić information content (AvgIpc) is 1.80. The SMILES string of the molecule is CC(C)=C(C)N1CC(C)(F)C1. The second-order valence-electron chi connectivity index (χ2n) is 3.85. The predicted molar refractivity (Wildman–Crippen MR) is 45.1 cm³/mol. The third kappa shape index (κ3) is 1.73. The van der Waals surface area contributed by atoms with Crippen LogP contribution in [0.15, 0.2) is 11.3 Å². The molecule has 2 heteroatoms. The van der Waals surface area contributed by atoms with Crippen LogP contribution in [0.1, 0.15) is 27.7 Å². The standard InChI is InChI=1S/C9H16FN/c1-7(2)8(3)11-5-9(4,10)6-11/h5-6H2,1-4H3. The van der Waals surface area contributed by atoms with Crippen LogP contribution in [0.3, 0.4) is 0 Å². The molecule has 0 aromatic carbocycles. The number of hydrogen-bond donors (Lipinski definition) is 0. The molecule has 0 spiro atoms. The lowest BCUT2D eigenvalue weighted by atomic mass is 9.97. The monoisotopic (exact) mass is 157 g/mol. The molecule has 0 radical (unpaired) electrons. The number of likely N-dealkylation sites (tertiary alicyclic amines) is 1. The van der Waals surface area contributed by atoms with Crippen molar-refractivity contribution in [1.29, 1.82) is 0 Å². The Balaban J connectivity index is 2.51. The molecule has 0 amide bonds. The van der Waals surface area contributed by atoms with E-state index in [0.29, 0.717) is 13.1 Å². The molecule has 1 aliphatic rings. The summed E-state index contributed by atoms with van der Waals surface area (Å²) in [5, 5.41) is 0. The van der Waals surface area contributed by atoms with Crippen LogP contribution in [-0.4, -0.2) is 23.7 Å². The van der Waals surface area contributed by atoms with Crippen molar-refractivity contribution in [2.45, 2.75) is 33.4 Å². The Morgan fingerprint density at radius 1 is 1.27 bits per heavy atom. The van der Waals surface area contributed by atoms with Crippen LogP contribution >= 0.6 is 0 Å². The Morgan fingerprint density at radius 2 is 1.73 bits per heavy atom. The van der Waals surface area contributed by atoms with Crippen molar-refractivity contribution in [2.75, 3.05) is 13.1 Å². The second kappa shape index (κ2) is 2.50. The summed E-state index contributed by atoms with van der Waals surface area (Å²) < 4.78 is 13.0. The molecule has 0 saturated carbocycles. The fraction of sp³-hybridized carbons (Fsp3) is 0.778. The summed E-state index contributed by atoms with van der Waals surface area (Å²) in [7, 11) is 0. The maximum absolute atomic E-state index is 13.0. The summed E-state index contributed by atoms with van der Waals surface area (Å²) in [6.07, 6.45) is 0. The zero-order chi connectivity index (χ0) is 8.65. The summed E-state index contributed by atoms with van der Waals surface area (Å²) in [5.74, 6) is 0. The molecule has 0 aliphatic carbocycles. The molecule has 1 heterocycles. The van der Waals surface area contributed by atoms with Crippen LogP contribution in [0.2, 0.25) is 0 Å². The van der Waals surface area contributed by atoms with E-state index in [9.17, 15) is 4.39 Å². The van der Waals surface area contributed by atoms with E-state index in [1.165, 1.54) is 11.3 Å². The molecule has 0 aromatic heterocycles. The highest BCUT2D eigenvalue weighted by Crippen LogP contribution is 2.28. The first-order valence-corrected chi connectivity index (χ1v) is 4.00. The van der Waals surface area contributed by atoms with E-state index < -0.39 is 5.67 Å². The van der Waals surface area contributed by atoms with Gasteiger partial charge in [0.1, 0.15) is 5.67 Å². The highest BCUT2D eigenvalue weighted by Gasteiger charge is 2.38. The molecule has 11 heavy (non-hydrogen) atoms. The van der Waals surface area contributed by atoms with Gasteiger partial charge >= 0.3 is 0 Å². The summed E-state index contributed by atoms with van der Waals surface area (Å²) >= 11 is 0. The van der Waals surface area contributed by atoms with Gasteiger partial charge in [0.15, 0.2) is 0 Å². The van der Waals surface area contributed by atoms with E-state index in [0.717, 1.165) is 0 Å². The molecule has 1 aliphatic heterocycles. The Labute approximate surface area is 67.9 Å². The minimum absolute atomic E-state index is 0.560. The molecule has 1 nitrogen and oxygen atoms in total. The van der Waals surface area contributed by atoms with Gasteiger partial charge in [-0.3, -0.25) is 0 Å². The van der Waals surface area contributed by atoms with Crippen molar-refractivity contribution >= 4 is 0 Å². The van der Waals surface area contributed by atoms with Crippen molar-refractivity contribution in [3.05, 3.63) is 11.3 Å².